The van der Waals surface area contributed by atoms with E-state index in [0.717, 1.165) is 12.8 Å². The summed E-state index contributed by atoms with van der Waals surface area (Å²) in [5, 5.41) is 2.58. The maximum atomic E-state index is 13.9. The Morgan fingerprint density at radius 1 is 1.14 bits per heavy atom. The zero-order valence-corrected chi connectivity index (χ0v) is 15.5. The number of anilines is 1. The van der Waals surface area contributed by atoms with Crippen LogP contribution in [0.3, 0.4) is 0 Å². The molecule has 0 unspecified atom stereocenters. The lowest BCUT2D eigenvalue weighted by Crippen LogP contribution is -2.36. The van der Waals surface area contributed by atoms with Crippen LogP contribution in [0.2, 0.25) is 0 Å². The molecule has 0 atom stereocenters. The largest absolute Gasteiger partial charge is 0.452 e. The lowest BCUT2D eigenvalue weighted by molar-refractivity contribution is -0.135. The molecule has 0 aromatic heterocycles. The molecule has 28 heavy (non-hydrogen) atoms. The van der Waals surface area contributed by atoms with Crippen LogP contribution in [0.15, 0.2) is 48.5 Å². The molecule has 0 radical (unpaired) electrons. The number of hydrogen-bond donors (Lipinski definition) is 1. The first-order valence-corrected chi connectivity index (χ1v) is 9.01. The number of rotatable bonds is 7. The Bertz CT molecular complexity index is 895. The predicted octanol–water partition coefficient (Wildman–Crippen LogP) is 3.13. The second kappa shape index (κ2) is 8.65. The van der Waals surface area contributed by atoms with Crippen LogP contribution >= 0.6 is 0 Å². The highest BCUT2D eigenvalue weighted by Gasteiger charge is 2.33. The summed E-state index contributed by atoms with van der Waals surface area (Å²) in [7, 11) is 0. The maximum absolute atomic E-state index is 13.9. The molecular weight excluding hydrogens is 363 g/mol. The van der Waals surface area contributed by atoms with E-state index in [1.165, 1.54) is 25.1 Å². The molecule has 1 N–H and O–H groups in total. The normalized spacial score (nSPS) is 12.9. The lowest BCUT2D eigenvalue weighted by atomic mass is 10.2. The first kappa shape index (κ1) is 19.5. The first-order chi connectivity index (χ1) is 13.4. The standard InChI is InChI=1S/C21H21FN2O4/c1-14(25)23-17-7-4-6-15(11-17)21(27)28-13-20(26)24(18-9-10-18)12-16-5-2-3-8-19(16)22/h2-8,11,18H,9-10,12-13H2,1H3,(H,23,25). The minimum atomic E-state index is -0.665. The Hall–Kier alpha value is -3.22. The summed E-state index contributed by atoms with van der Waals surface area (Å²) >= 11 is 0. The van der Waals surface area contributed by atoms with Gasteiger partial charge in [-0.05, 0) is 37.1 Å². The van der Waals surface area contributed by atoms with Crippen molar-refractivity contribution in [2.75, 3.05) is 11.9 Å². The number of carbonyl (C=O) groups excluding carboxylic acids is 3. The van der Waals surface area contributed by atoms with Gasteiger partial charge in [-0.3, -0.25) is 9.59 Å². The Kier molecular flexibility index (Phi) is 6.03. The van der Waals surface area contributed by atoms with Crippen molar-refractivity contribution in [1.82, 2.24) is 4.90 Å². The number of benzene rings is 2. The number of hydrogen-bond acceptors (Lipinski definition) is 4. The van der Waals surface area contributed by atoms with Gasteiger partial charge in [0.25, 0.3) is 5.91 Å². The third-order valence-electron chi connectivity index (χ3n) is 4.35. The Morgan fingerprint density at radius 3 is 2.57 bits per heavy atom. The molecule has 0 heterocycles. The van der Waals surface area contributed by atoms with E-state index in [-0.39, 0.29) is 35.8 Å². The molecule has 7 heteroatoms. The molecule has 1 fully saturated rings. The highest BCUT2D eigenvalue weighted by molar-refractivity contribution is 5.94. The van der Waals surface area contributed by atoms with Gasteiger partial charge in [0.05, 0.1) is 5.56 Å². The fraction of sp³-hybridized carbons (Fsp3) is 0.286. The van der Waals surface area contributed by atoms with Crippen LogP contribution in [0, 0.1) is 5.82 Å². The number of carbonyl (C=O) groups is 3. The molecule has 2 aromatic carbocycles. The average molecular weight is 384 g/mol. The van der Waals surface area contributed by atoms with Gasteiger partial charge in [-0.1, -0.05) is 24.3 Å². The summed E-state index contributed by atoms with van der Waals surface area (Å²) in [5.41, 5.74) is 1.12. The molecule has 2 aromatic rings. The second-order valence-corrected chi connectivity index (χ2v) is 6.68. The molecule has 1 aliphatic rings. The third kappa shape index (κ3) is 5.16. The number of halogens is 1. The third-order valence-corrected chi connectivity index (χ3v) is 4.35. The molecule has 146 valence electrons. The summed E-state index contributed by atoms with van der Waals surface area (Å²) in [6, 6.07) is 12.6. The molecule has 1 aliphatic carbocycles. The van der Waals surface area contributed by atoms with Crippen LogP contribution in [0.25, 0.3) is 0 Å². The van der Waals surface area contributed by atoms with E-state index in [1.54, 1.807) is 35.2 Å². The van der Waals surface area contributed by atoms with Gasteiger partial charge in [0, 0.05) is 30.8 Å². The lowest BCUT2D eigenvalue weighted by Gasteiger charge is -2.22. The second-order valence-electron chi connectivity index (χ2n) is 6.68. The van der Waals surface area contributed by atoms with E-state index in [9.17, 15) is 18.8 Å². The molecule has 1 saturated carbocycles. The van der Waals surface area contributed by atoms with Crippen LogP contribution in [0.1, 0.15) is 35.7 Å². The Balaban J connectivity index is 1.61. The smallest absolute Gasteiger partial charge is 0.338 e. The van der Waals surface area contributed by atoms with E-state index in [4.69, 9.17) is 4.74 Å². The molecule has 0 saturated heterocycles. The van der Waals surface area contributed by atoms with Crippen molar-refractivity contribution >= 4 is 23.5 Å². The van der Waals surface area contributed by atoms with Crippen LogP contribution in [0.5, 0.6) is 0 Å². The minimum Gasteiger partial charge on any atom is -0.452 e. The van der Waals surface area contributed by atoms with Crippen LogP contribution < -0.4 is 5.32 Å². The van der Waals surface area contributed by atoms with Crippen molar-refractivity contribution in [1.29, 1.82) is 0 Å². The summed E-state index contributed by atoms with van der Waals surface area (Å²) in [6.45, 7) is 1.09. The minimum absolute atomic E-state index is 0.0499. The molecular formula is C21H21FN2O4. The molecule has 2 amide bonds. The van der Waals surface area contributed by atoms with Gasteiger partial charge >= 0.3 is 5.97 Å². The van der Waals surface area contributed by atoms with Gasteiger partial charge in [-0.25, -0.2) is 9.18 Å². The summed E-state index contributed by atoms with van der Waals surface area (Å²) in [5.74, 6) is -1.65. The number of nitrogens with one attached hydrogen (secondary N) is 1. The fourth-order valence-corrected chi connectivity index (χ4v) is 2.84. The number of amides is 2. The van der Waals surface area contributed by atoms with E-state index in [1.807, 2.05) is 0 Å². The first-order valence-electron chi connectivity index (χ1n) is 9.01. The van der Waals surface area contributed by atoms with Crippen molar-refractivity contribution < 1.29 is 23.5 Å². The van der Waals surface area contributed by atoms with Gasteiger partial charge in [0.2, 0.25) is 5.91 Å². The fourth-order valence-electron chi connectivity index (χ4n) is 2.84. The quantitative estimate of drug-likeness (QED) is 0.744. The average Bonchev–Trinajstić information content (AvgIpc) is 3.50. The zero-order valence-electron chi connectivity index (χ0n) is 15.5. The monoisotopic (exact) mass is 384 g/mol. The molecule has 3 rings (SSSR count). The number of ether oxygens (including phenoxy) is 1. The highest BCUT2D eigenvalue weighted by atomic mass is 19.1. The number of esters is 1. The highest BCUT2D eigenvalue weighted by Crippen LogP contribution is 2.29. The van der Waals surface area contributed by atoms with E-state index in [0.29, 0.717) is 11.3 Å². The van der Waals surface area contributed by atoms with E-state index >= 15 is 0 Å². The van der Waals surface area contributed by atoms with Gasteiger partial charge < -0.3 is 15.0 Å². The maximum Gasteiger partial charge on any atom is 0.338 e. The van der Waals surface area contributed by atoms with Crippen LogP contribution in [0.4, 0.5) is 10.1 Å². The van der Waals surface area contributed by atoms with Crippen molar-refractivity contribution in [3.8, 4) is 0 Å². The molecule has 0 aliphatic heterocycles. The van der Waals surface area contributed by atoms with Gasteiger partial charge in [-0.2, -0.15) is 0 Å². The summed E-state index contributed by atoms with van der Waals surface area (Å²) < 4.78 is 19.0. The Morgan fingerprint density at radius 2 is 1.89 bits per heavy atom. The van der Waals surface area contributed by atoms with Crippen molar-refractivity contribution in [3.63, 3.8) is 0 Å². The molecule has 0 bridgehead atoms. The van der Waals surface area contributed by atoms with Gasteiger partial charge in [0.15, 0.2) is 6.61 Å². The van der Waals surface area contributed by atoms with Crippen molar-refractivity contribution in [2.24, 2.45) is 0 Å². The zero-order chi connectivity index (χ0) is 20.1. The Labute approximate surface area is 162 Å². The van der Waals surface area contributed by atoms with Crippen molar-refractivity contribution in [2.45, 2.75) is 32.4 Å². The van der Waals surface area contributed by atoms with E-state index < -0.39 is 12.6 Å². The molecule has 6 nitrogen and oxygen atoms in total. The van der Waals surface area contributed by atoms with Gasteiger partial charge in [0.1, 0.15) is 5.82 Å². The summed E-state index contributed by atoms with van der Waals surface area (Å²) in [6.07, 6.45) is 1.71. The predicted molar refractivity (Wildman–Crippen MR) is 101 cm³/mol. The van der Waals surface area contributed by atoms with Crippen molar-refractivity contribution in [3.05, 3.63) is 65.5 Å². The summed E-state index contributed by atoms with van der Waals surface area (Å²) in [4.78, 5) is 37.5. The van der Waals surface area contributed by atoms with Crippen LogP contribution in [-0.4, -0.2) is 35.3 Å². The van der Waals surface area contributed by atoms with Gasteiger partial charge in [-0.15, -0.1) is 0 Å². The topological polar surface area (TPSA) is 75.7 Å². The SMILES string of the molecule is CC(=O)Nc1cccc(C(=O)OCC(=O)N(Cc2ccccc2F)C2CC2)c1. The van der Waals surface area contributed by atoms with E-state index in [2.05, 4.69) is 5.32 Å². The number of nitrogens with zero attached hydrogens (tertiary/aromatic N) is 1. The van der Waals surface area contributed by atoms with Crippen LogP contribution in [-0.2, 0) is 20.9 Å². The molecule has 0 spiro atoms.